The first kappa shape index (κ1) is 14.8. The number of benzene rings is 1. The number of hydrogen-bond acceptors (Lipinski definition) is 6. The van der Waals surface area contributed by atoms with Crippen LogP contribution in [-0.2, 0) is 9.59 Å². The predicted octanol–water partition coefficient (Wildman–Crippen LogP) is 1.20. The van der Waals surface area contributed by atoms with Crippen LogP contribution in [0, 0.1) is 10.1 Å². The van der Waals surface area contributed by atoms with Gasteiger partial charge in [0.2, 0.25) is 5.91 Å². The van der Waals surface area contributed by atoms with Gasteiger partial charge in [-0.1, -0.05) is 0 Å². The summed E-state index contributed by atoms with van der Waals surface area (Å²) in [6.45, 7) is 0. The highest BCUT2D eigenvalue weighted by molar-refractivity contribution is 6.01. The van der Waals surface area contributed by atoms with E-state index in [0.717, 1.165) is 4.90 Å². The number of piperidine rings is 1. The molecule has 0 spiro atoms. The van der Waals surface area contributed by atoms with Crippen LogP contribution in [0.4, 0.5) is 17.1 Å². The Bertz CT molecular complexity index is 602. The van der Waals surface area contributed by atoms with Crippen molar-refractivity contribution in [3.05, 3.63) is 28.3 Å². The molecule has 0 radical (unpaired) electrons. The topological polar surface area (TPSA) is 105 Å². The van der Waals surface area contributed by atoms with Gasteiger partial charge in [0, 0.05) is 44.0 Å². The Morgan fingerprint density at radius 2 is 1.95 bits per heavy atom. The summed E-state index contributed by atoms with van der Waals surface area (Å²) in [4.78, 5) is 34.9. The molecule has 1 aliphatic rings. The minimum Gasteiger partial charge on any atom is -0.388 e. The van der Waals surface area contributed by atoms with Crippen molar-refractivity contribution in [2.45, 2.75) is 18.9 Å². The van der Waals surface area contributed by atoms with Crippen molar-refractivity contribution >= 4 is 28.9 Å². The number of carbonyl (C=O) groups is 2. The average molecular weight is 292 g/mol. The molecule has 112 valence electrons. The Morgan fingerprint density at radius 3 is 2.57 bits per heavy atom. The summed E-state index contributed by atoms with van der Waals surface area (Å²) in [7, 11) is 3.09. The van der Waals surface area contributed by atoms with Gasteiger partial charge in [0.05, 0.1) is 4.92 Å². The summed E-state index contributed by atoms with van der Waals surface area (Å²) >= 11 is 0. The number of hydrogen-bond donors (Lipinski definition) is 2. The highest BCUT2D eigenvalue weighted by Crippen LogP contribution is 2.26. The van der Waals surface area contributed by atoms with E-state index in [4.69, 9.17) is 0 Å². The molecule has 0 aromatic heterocycles. The second-order valence-electron chi connectivity index (χ2n) is 4.80. The zero-order valence-corrected chi connectivity index (χ0v) is 11.8. The molecule has 2 N–H and O–H groups in total. The third kappa shape index (κ3) is 3.10. The average Bonchev–Trinajstić information content (AvgIpc) is 2.47. The number of nitrogens with one attached hydrogen (secondary N) is 2. The lowest BCUT2D eigenvalue weighted by atomic mass is 10.0. The van der Waals surface area contributed by atoms with Crippen LogP contribution in [0.1, 0.15) is 12.8 Å². The minimum absolute atomic E-state index is 0.0722. The largest absolute Gasteiger partial charge is 0.388 e. The van der Waals surface area contributed by atoms with Crippen molar-refractivity contribution in [1.29, 1.82) is 0 Å². The number of non-ortho nitro benzene ring substituents is 1. The van der Waals surface area contributed by atoms with E-state index in [1.165, 1.54) is 19.2 Å². The van der Waals surface area contributed by atoms with Crippen LogP contribution in [0.5, 0.6) is 0 Å². The first-order valence-corrected chi connectivity index (χ1v) is 6.46. The number of imide groups is 1. The lowest BCUT2D eigenvalue weighted by Crippen LogP contribution is -2.48. The molecule has 1 fully saturated rings. The number of nitro groups is 1. The zero-order chi connectivity index (χ0) is 15.6. The fourth-order valence-electron chi connectivity index (χ4n) is 2.19. The maximum atomic E-state index is 12.0. The molecule has 1 atom stereocenters. The van der Waals surface area contributed by atoms with Gasteiger partial charge in [-0.3, -0.25) is 24.6 Å². The molecule has 21 heavy (non-hydrogen) atoms. The SMILES string of the molecule is CNc1cc(NC2CCC(=O)N(C)C2=O)cc([N+](=O)[O-])c1. The van der Waals surface area contributed by atoms with E-state index >= 15 is 0 Å². The monoisotopic (exact) mass is 292 g/mol. The summed E-state index contributed by atoms with van der Waals surface area (Å²) in [6.07, 6.45) is 0.646. The molecule has 0 saturated carbocycles. The van der Waals surface area contributed by atoms with Crippen LogP contribution in [0.15, 0.2) is 18.2 Å². The second kappa shape index (κ2) is 5.78. The van der Waals surface area contributed by atoms with Crippen molar-refractivity contribution in [3.8, 4) is 0 Å². The van der Waals surface area contributed by atoms with Gasteiger partial charge in [0.1, 0.15) is 6.04 Å². The van der Waals surface area contributed by atoms with Crippen LogP contribution in [-0.4, -0.2) is 41.8 Å². The van der Waals surface area contributed by atoms with Gasteiger partial charge in [-0.25, -0.2) is 0 Å². The fourth-order valence-corrected chi connectivity index (χ4v) is 2.19. The van der Waals surface area contributed by atoms with E-state index in [9.17, 15) is 19.7 Å². The number of likely N-dealkylation sites (N-methyl/N-ethyl adjacent to an activating group) is 1. The van der Waals surface area contributed by atoms with Crippen LogP contribution >= 0.6 is 0 Å². The quantitative estimate of drug-likeness (QED) is 0.491. The summed E-state index contributed by atoms with van der Waals surface area (Å²) < 4.78 is 0. The Labute approximate surface area is 121 Å². The lowest BCUT2D eigenvalue weighted by molar-refractivity contribution is -0.384. The highest BCUT2D eigenvalue weighted by atomic mass is 16.6. The van der Waals surface area contributed by atoms with Gasteiger partial charge in [-0.15, -0.1) is 0 Å². The van der Waals surface area contributed by atoms with Gasteiger partial charge in [0.15, 0.2) is 0 Å². The molecule has 8 nitrogen and oxygen atoms in total. The van der Waals surface area contributed by atoms with Crippen molar-refractivity contribution in [2.24, 2.45) is 0 Å². The van der Waals surface area contributed by atoms with Gasteiger partial charge < -0.3 is 10.6 Å². The number of likely N-dealkylation sites (tertiary alicyclic amines) is 1. The molecule has 1 aromatic rings. The van der Waals surface area contributed by atoms with Crippen LogP contribution in [0.3, 0.4) is 0 Å². The Morgan fingerprint density at radius 1 is 1.29 bits per heavy atom. The molecule has 0 aliphatic carbocycles. The maximum Gasteiger partial charge on any atom is 0.273 e. The highest BCUT2D eigenvalue weighted by Gasteiger charge is 2.31. The van der Waals surface area contributed by atoms with Crippen molar-refractivity contribution in [3.63, 3.8) is 0 Å². The molecular weight excluding hydrogens is 276 g/mol. The molecule has 0 bridgehead atoms. The van der Waals surface area contributed by atoms with E-state index in [1.807, 2.05) is 0 Å². The molecule has 1 unspecified atom stereocenters. The summed E-state index contributed by atoms with van der Waals surface area (Å²) in [6, 6.07) is 3.89. The van der Waals surface area contributed by atoms with Crippen molar-refractivity contribution in [1.82, 2.24) is 4.90 Å². The fraction of sp³-hybridized carbons (Fsp3) is 0.385. The van der Waals surface area contributed by atoms with Gasteiger partial charge in [-0.05, 0) is 12.5 Å². The van der Waals surface area contributed by atoms with Crippen LogP contribution in [0.2, 0.25) is 0 Å². The first-order valence-electron chi connectivity index (χ1n) is 6.46. The number of nitro benzene ring substituents is 1. The number of carbonyl (C=O) groups excluding carboxylic acids is 2. The number of nitrogens with zero attached hydrogens (tertiary/aromatic N) is 2. The van der Waals surface area contributed by atoms with Gasteiger partial charge in [0.25, 0.3) is 11.6 Å². The lowest BCUT2D eigenvalue weighted by Gasteiger charge is -2.28. The van der Waals surface area contributed by atoms with E-state index in [0.29, 0.717) is 17.8 Å². The normalized spacial score (nSPS) is 18.6. The summed E-state index contributed by atoms with van der Waals surface area (Å²) in [5, 5.41) is 16.7. The van der Waals surface area contributed by atoms with Crippen LogP contribution < -0.4 is 10.6 Å². The van der Waals surface area contributed by atoms with E-state index < -0.39 is 11.0 Å². The van der Waals surface area contributed by atoms with Crippen molar-refractivity contribution in [2.75, 3.05) is 24.7 Å². The van der Waals surface area contributed by atoms with E-state index in [2.05, 4.69) is 10.6 Å². The number of rotatable bonds is 4. The molecule has 8 heteroatoms. The van der Waals surface area contributed by atoms with Gasteiger partial charge in [-0.2, -0.15) is 0 Å². The summed E-state index contributed by atoms with van der Waals surface area (Å²) in [5.74, 6) is -0.545. The maximum absolute atomic E-state index is 12.0. The first-order chi connectivity index (χ1) is 9.92. The van der Waals surface area contributed by atoms with Crippen molar-refractivity contribution < 1.29 is 14.5 Å². The molecule has 2 amide bonds. The Balaban J connectivity index is 2.23. The smallest absolute Gasteiger partial charge is 0.273 e. The third-order valence-corrected chi connectivity index (χ3v) is 3.41. The van der Waals surface area contributed by atoms with Crippen LogP contribution in [0.25, 0.3) is 0 Å². The molecule has 1 aliphatic heterocycles. The predicted molar refractivity (Wildman–Crippen MR) is 77.1 cm³/mol. The van der Waals surface area contributed by atoms with Gasteiger partial charge >= 0.3 is 0 Å². The Hall–Kier alpha value is -2.64. The zero-order valence-electron chi connectivity index (χ0n) is 11.8. The third-order valence-electron chi connectivity index (χ3n) is 3.41. The molecule has 1 saturated heterocycles. The Kier molecular flexibility index (Phi) is 4.06. The van der Waals surface area contributed by atoms with E-state index in [1.54, 1.807) is 13.1 Å². The summed E-state index contributed by atoms with van der Waals surface area (Å²) in [5.41, 5.74) is 0.964. The number of amides is 2. The second-order valence-corrected chi connectivity index (χ2v) is 4.80. The molecule has 2 rings (SSSR count). The molecule has 1 heterocycles. The minimum atomic E-state index is -0.556. The standard InChI is InChI=1S/C13H16N4O4/c1-14-8-5-9(7-10(6-8)17(20)21)15-11-3-4-12(18)16(2)13(11)19/h5-7,11,14-15H,3-4H2,1-2H3. The molecular formula is C13H16N4O4. The molecule has 1 aromatic carbocycles. The van der Waals surface area contributed by atoms with E-state index in [-0.39, 0.29) is 23.9 Å². The number of anilines is 2.